The summed E-state index contributed by atoms with van der Waals surface area (Å²) in [5.41, 5.74) is 4.51. The number of nitrogens with zero attached hydrogens (tertiary/aromatic N) is 3. The highest BCUT2D eigenvalue weighted by atomic mass is 35.5. The molecule has 0 unspecified atom stereocenters. The molecule has 0 saturated carbocycles. The number of nitrogens with one attached hydrogen (secondary N) is 1. The molecule has 1 N–H and O–H groups in total. The maximum absolute atomic E-state index is 14.1. The van der Waals surface area contributed by atoms with Crippen LogP contribution < -0.4 is 10.2 Å². The Balaban J connectivity index is 1.20. The van der Waals surface area contributed by atoms with Gasteiger partial charge in [-0.25, -0.2) is 8.78 Å². The number of anilines is 3. The van der Waals surface area contributed by atoms with Crippen LogP contribution in [0, 0.1) is 11.6 Å². The molecule has 1 aliphatic rings. The van der Waals surface area contributed by atoms with Crippen molar-refractivity contribution in [3.05, 3.63) is 95.1 Å². The molecule has 0 spiro atoms. The van der Waals surface area contributed by atoms with Crippen molar-refractivity contribution in [3.63, 3.8) is 0 Å². The van der Waals surface area contributed by atoms with Crippen LogP contribution in [0.5, 0.6) is 0 Å². The summed E-state index contributed by atoms with van der Waals surface area (Å²) in [6, 6.07) is 19.8. The summed E-state index contributed by atoms with van der Waals surface area (Å²) in [7, 11) is 0. The number of hydrogen-bond acceptors (Lipinski definition) is 4. The number of piperazine rings is 1. The van der Waals surface area contributed by atoms with E-state index in [1.165, 1.54) is 17.7 Å². The number of fused-ring (bicyclic) bond motifs is 1. The van der Waals surface area contributed by atoms with E-state index in [0.717, 1.165) is 48.0 Å². The van der Waals surface area contributed by atoms with E-state index >= 15 is 0 Å². The summed E-state index contributed by atoms with van der Waals surface area (Å²) in [5.74, 6) is -1.05. The predicted octanol–water partition coefficient (Wildman–Crippen LogP) is 6.23. The Labute approximate surface area is 196 Å². The summed E-state index contributed by atoms with van der Waals surface area (Å²) in [6.07, 6.45) is 1.77. The SMILES string of the molecule is Fc1ccc(N2CCN(Cc3ccc(Nc4ccnc5cc(Cl)ccc45)cc3)CC2)c(F)c1. The van der Waals surface area contributed by atoms with Gasteiger partial charge in [0.15, 0.2) is 0 Å². The lowest BCUT2D eigenvalue weighted by atomic mass is 10.1. The first kappa shape index (κ1) is 21.6. The quantitative estimate of drug-likeness (QED) is 0.379. The van der Waals surface area contributed by atoms with Gasteiger partial charge in [-0.3, -0.25) is 9.88 Å². The summed E-state index contributed by atoms with van der Waals surface area (Å²) >= 11 is 6.08. The van der Waals surface area contributed by atoms with Gasteiger partial charge in [0.1, 0.15) is 11.6 Å². The van der Waals surface area contributed by atoms with Crippen molar-refractivity contribution < 1.29 is 8.78 Å². The fourth-order valence-electron chi connectivity index (χ4n) is 4.22. The first-order valence-corrected chi connectivity index (χ1v) is 11.3. The molecule has 5 rings (SSSR count). The van der Waals surface area contributed by atoms with Gasteiger partial charge in [0.25, 0.3) is 0 Å². The second-order valence-electron chi connectivity index (χ2n) is 8.20. The van der Waals surface area contributed by atoms with Crippen LogP contribution >= 0.6 is 11.6 Å². The van der Waals surface area contributed by atoms with Crippen LogP contribution in [0.25, 0.3) is 10.9 Å². The number of benzene rings is 3. The number of halogens is 3. The van der Waals surface area contributed by atoms with Crippen LogP contribution in [0.3, 0.4) is 0 Å². The van der Waals surface area contributed by atoms with Crippen molar-refractivity contribution in [2.24, 2.45) is 0 Å². The number of pyridine rings is 1. The van der Waals surface area contributed by atoms with Crippen molar-refractivity contribution in [2.75, 3.05) is 36.4 Å². The Morgan fingerprint density at radius 3 is 2.42 bits per heavy atom. The largest absolute Gasteiger partial charge is 0.367 e. The van der Waals surface area contributed by atoms with Gasteiger partial charge in [0, 0.05) is 66.8 Å². The topological polar surface area (TPSA) is 31.4 Å². The zero-order valence-electron chi connectivity index (χ0n) is 17.9. The van der Waals surface area contributed by atoms with E-state index in [0.29, 0.717) is 23.8 Å². The fourth-order valence-corrected chi connectivity index (χ4v) is 4.39. The van der Waals surface area contributed by atoms with Gasteiger partial charge in [-0.2, -0.15) is 0 Å². The standard InChI is InChI=1S/C26H23ClF2N4/c27-19-3-7-22-24(9-10-30-25(22)15-19)31-21-5-1-18(2-6-21)17-32-11-13-33(14-12-32)26-8-4-20(28)16-23(26)29/h1-10,15-16H,11-14,17H2,(H,30,31). The second kappa shape index (κ2) is 9.33. The smallest absolute Gasteiger partial charge is 0.149 e. The van der Waals surface area contributed by atoms with Crippen LogP contribution in [0.15, 0.2) is 72.9 Å². The minimum absolute atomic E-state index is 0.470. The lowest BCUT2D eigenvalue weighted by Gasteiger charge is -2.36. The summed E-state index contributed by atoms with van der Waals surface area (Å²) in [6.45, 7) is 3.89. The first-order valence-electron chi connectivity index (χ1n) is 10.9. The van der Waals surface area contributed by atoms with E-state index < -0.39 is 11.6 Å². The monoisotopic (exact) mass is 464 g/mol. The summed E-state index contributed by atoms with van der Waals surface area (Å²) < 4.78 is 27.2. The average Bonchev–Trinajstić information content (AvgIpc) is 2.81. The van der Waals surface area contributed by atoms with Crippen molar-refractivity contribution in [3.8, 4) is 0 Å². The normalized spacial score (nSPS) is 14.6. The van der Waals surface area contributed by atoms with Gasteiger partial charge < -0.3 is 10.2 Å². The van der Waals surface area contributed by atoms with Gasteiger partial charge in [-0.1, -0.05) is 23.7 Å². The maximum atomic E-state index is 14.1. The van der Waals surface area contributed by atoms with Gasteiger partial charge in [0.05, 0.1) is 11.2 Å². The highest BCUT2D eigenvalue weighted by molar-refractivity contribution is 6.31. The zero-order chi connectivity index (χ0) is 22.8. The van der Waals surface area contributed by atoms with E-state index in [-0.39, 0.29) is 0 Å². The molecular formula is C26H23ClF2N4. The van der Waals surface area contributed by atoms with Gasteiger partial charge in [0.2, 0.25) is 0 Å². The molecule has 1 aromatic heterocycles. The predicted molar refractivity (Wildman–Crippen MR) is 130 cm³/mol. The van der Waals surface area contributed by atoms with Crippen LogP contribution in [0.1, 0.15) is 5.56 Å². The Bertz CT molecular complexity index is 1270. The zero-order valence-corrected chi connectivity index (χ0v) is 18.7. The van der Waals surface area contributed by atoms with Crippen LogP contribution in [-0.4, -0.2) is 36.1 Å². The number of aromatic nitrogens is 1. The van der Waals surface area contributed by atoms with Gasteiger partial charge in [-0.05, 0) is 54.1 Å². The Kier molecular flexibility index (Phi) is 6.11. The summed E-state index contributed by atoms with van der Waals surface area (Å²) in [5, 5.41) is 5.15. The highest BCUT2D eigenvalue weighted by Crippen LogP contribution is 2.27. The molecule has 4 aromatic rings. The third-order valence-corrected chi connectivity index (χ3v) is 6.20. The molecular weight excluding hydrogens is 442 g/mol. The van der Waals surface area contributed by atoms with Gasteiger partial charge >= 0.3 is 0 Å². The van der Waals surface area contributed by atoms with Crippen molar-refractivity contribution in [2.45, 2.75) is 6.54 Å². The molecule has 7 heteroatoms. The van der Waals surface area contributed by atoms with E-state index in [1.807, 2.05) is 29.2 Å². The van der Waals surface area contributed by atoms with Crippen LogP contribution in [-0.2, 0) is 6.54 Å². The van der Waals surface area contributed by atoms with E-state index in [4.69, 9.17) is 11.6 Å². The minimum Gasteiger partial charge on any atom is -0.367 e. The Morgan fingerprint density at radius 2 is 1.67 bits per heavy atom. The van der Waals surface area contributed by atoms with E-state index in [9.17, 15) is 8.78 Å². The van der Waals surface area contributed by atoms with Gasteiger partial charge in [-0.15, -0.1) is 0 Å². The van der Waals surface area contributed by atoms with E-state index in [1.54, 1.807) is 6.20 Å². The minimum atomic E-state index is -0.547. The third kappa shape index (κ3) is 4.92. The molecule has 0 aliphatic carbocycles. The van der Waals surface area contributed by atoms with Crippen LogP contribution in [0.4, 0.5) is 25.8 Å². The van der Waals surface area contributed by atoms with Crippen molar-refractivity contribution in [1.29, 1.82) is 0 Å². The molecule has 0 amide bonds. The fraction of sp³-hybridized carbons (Fsp3) is 0.192. The lowest BCUT2D eigenvalue weighted by molar-refractivity contribution is 0.249. The molecule has 0 bridgehead atoms. The van der Waals surface area contributed by atoms with Crippen molar-refractivity contribution >= 4 is 39.6 Å². The van der Waals surface area contributed by atoms with Crippen molar-refractivity contribution in [1.82, 2.24) is 9.88 Å². The van der Waals surface area contributed by atoms with E-state index in [2.05, 4.69) is 39.5 Å². The summed E-state index contributed by atoms with van der Waals surface area (Å²) in [4.78, 5) is 8.71. The molecule has 3 aromatic carbocycles. The molecule has 2 heterocycles. The van der Waals surface area contributed by atoms with Crippen LogP contribution in [0.2, 0.25) is 5.02 Å². The molecule has 33 heavy (non-hydrogen) atoms. The molecule has 0 atom stereocenters. The third-order valence-electron chi connectivity index (χ3n) is 5.97. The number of rotatable bonds is 5. The Morgan fingerprint density at radius 1 is 0.879 bits per heavy atom. The number of hydrogen-bond donors (Lipinski definition) is 1. The molecule has 1 aliphatic heterocycles. The first-order chi connectivity index (χ1) is 16.0. The Hall–Kier alpha value is -3.22. The lowest BCUT2D eigenvalue weighted by Crippen LogP contribution is -2.46. The molecule has 168 valence electrons. The molecule has 1 fully saturated rings. The molecule has 0 radical (unpaired) electrons. The molecule has 4 nitrogen and oxygen atoms in total. The molecule has 1 saturated heterocycles. The second-order valence-corrected chi connectivity index (χ2v) is 8.64. The highest BCUT2D eigenvalue weighted by Gasteiger charge is 2.20. The average molecular weight is 465 g/mol. The maximum Gasteiger partial charge on any atom is 0.149 e.